The van der Waals surface area contributed by atoms with Gasteiger partial charge in [-0.2, -0.15) is 0 Å². The molecule has 0 radical (unpaired) electrons. The van der Waals surface area contributed by atoms with Crippen molar-refractivity contribution in [3.8, 4) is 0 Å². The fourth-order valence-electron chi connectivity index (χ4n) is 3.19. The van der Waals surface area contributed by atoms with E-state index in [0.717, 1.165) is 63.9 Å². The number of anilines is 1. The number of aryl methyl sites for hydroxylation is 1. The number of hydrogen-bond donors (Lipinski definition) is 2. The number of hydrogen-bond acceptors (Lipinski definition) is 6. The average molecular weight is 544 g/mol. The fourth-order valence-corrected chi connectivity index (χ4v) is 4.06. The SMILES string of the molecule is CCNC(=NCc1ccnc(N2CCN(C)CC2)c1)NCCc1ncc(CC)s1.I. The second kappa shape index (κ2) is 13.1. The van der Waals surface area contributed by atoms with Crippen LogP contribution in [0.25, 0.3) is 0 Å². The van der Waals surface area contributed by atoms with Gasteiger partial charge in [0.15, 0.2) is 5.96 Å². The average Bonchev–Trinajstić information content (AvgIpc) is 3.21. The van der Waals surface area contributed by atoms with E-state index in [-0.39, 0.29) is 24.0 Å². The zero-order valence-corrected chi connectivity index (χ0v) is 21.4. The summed E-state index contributed by atoms with van der Waals surface area (Å²) in [6.45, 7) is 10.8. The van der Waals surface area contributed by atoms with E-state index in [9.17, 15) is 0 Å². The first kappa shape index (κ1) is 24.8. The second-order valence-corrected chi connectivity index (χ2v) is 8.46. The summed E-state index contributed by atoms with van der Waals surface area (Å²) in [5.74, 6) is 1.90. The van der Waals surface area contributed by atoms with Gasteiger partial charge in [-0.05, 0) is 38.1 Å². The minimum atomic E-state index is 0. The molecule has 3 heterocycles. The van der Waals surface area contributed by atoms with Crippen molar-refractivity contribution >= 4 is 47.1 Å². The van der Waals surface area contributed by atoms with E-state index in [0.29, 0.717) is 6.54 Å². The van der Waals surface area contributed by atoms with Crippen LogP contribution in [0.2, 0.25) is 0 Å². The van der Waals surface area contributed by atoms with Crippen LogP contribution in [0.4, 0.5) is 5.82 Å². The molecule has 1 fully saturated rings. The lowest BCUT2D eigenvalue weighted by molar-refractivity contribution is 0.312. The molecule has 166 valence electrons. The smallest absolute Gasteiger partial charge is 0.191 e. The summed E-state index contributed by atoms with van der Waals surface area (Å²) in [4.78, 5) is 19.9. The molecule has 1 aliphatic heterocycles. The third kappa shape index (κ3) is 7.66. The molecule has 0 amide bonds. The Kier molecular flexibility index (Phi) is 10.8. The number of halogens is 1. The number of aromatic nitrogens is 2. The van der Waals surface area contributed by atoms with Gasteiger partial charge < -0.3 is 20.4 Å². The topological polar surface area (TPSA) is 68.7 Å². The van der Waals surface area contributed by atoms with Gasteiger partial charge in [0.25, 0.3) is 0 Å². The lowest BCUT2D eigenvalue weighted by Crippen LogP contribution is -2.44. The Bertz CT molecular complexity index is 787. The Hall–Kier alpha value is -1.46. The highest BCUT2D eigenvalue weighted by molar-refractivity contribution is 14.0. The van der Waals surface area contributed by atoms with Gasteiger partial charge in [0, 0.05) is 63.0 Å². The molecule has 3 rings (SSSR count). The first-order valence-corrected chi connectivity index (χ1v) is 11.3. The molecule has 0 saturated carbocycles. The van der Waals surface area contributed by atoms with Crippen molar-refractivity contribution in [3.05, 3.63) is 40.0 Å². The summed E-state index contributed by atoms with van der Waals surface area (Å²) in [5, 5.41) is 7.93. The molecule has 2 aromatic rings. The maximum absolute atomic E-state index is 4.76. The molecule has 0 unspecified atom stereocenters. The summed E-state index contributed by atoms with van der Waals surface area (Å²) in [6, 6.07) is 4.22. The van der Waals surface area contributed by atoms with Gasteiger partial charge in [-0.1, -0.05) is 6.92 Å². The third-order valence-corrected chi connectivity index (χ3v) is 6.18. The van der Waals surface area contributed by atoms with Crippen LogP contribution in [0.3, 0.4) is 0 Å². The van der Waals surface area contributed by atoms with Crippen LogP contribution >= 0.6 is 35.3 Å². The summed E-state index contributed by atoms with van der Waals surface area (Å²) in [6.07, 6.45) is 5.85. The Morgan fingerprint density at radius 1 is 1.17 bits per heavy atom. The largest absolute Gasteiger partial charge is 0.357 e. The normalized spacial score (nSPS) is 15.0. The van der Waals surface area contributed by atoms with Gasteiger partial charge >= 0.3 is 0 Å². The molecule has 1 saturated heterocycles. The Morgan fingerprint density at radius 3 is 2.67 bits per heavy atom. The predicted octanol–water partition coefficient (Wildman–Crippen LogP) is 2.77. The highest BCUT2D eigenvalue weighted by atomic mass is 127. The van der Waals surface area contributed by atoms with Crippen molar-refractivity contribution in [1.82, 2.24) is 25.5 Å². The van der Waals surface area contributed by atoms with Gasteiger partial charge in [0.1, 0.15) is 5.82 Å². The molecular weight excluding hydrogens is 509 g/mol. The Labute approximate surface area is 201 Å². The van der Waals surface area contributed by atoms with Crippen LogP contribution in [-0.4, -0.2) is 67.1 Å². The zero-order valence-electron chi connectivity index (χ0n) is 18.2. The molecule has 7 nitrogen and oxygen atoms in total. The first-order valence-electron chi connectivity index (χ1n) is 10.5. The minimum absolute atomic E-state index is 0. The third-order valence-electron chi connectivity index (χ3n) is 4.98. The van der Waals surface area contributed by atoms with Crippen molar-refractivity contribution in [2.45, 2.75) is 33.2 Å². The zero-order chi connectivity index (χ0) is 20.5. The fraction of sp³-hybridized carbons (Fsp3) is 0.571. The summed E-state index contributed by atoms with van der Waals surface area (Å²) >= 11 is 1.80. The highest BCUT2D eigenvalue weighted by Crippen LogP contribution is 2.15. The summed E-state index contributed by atoms with van der Waals surface area (Å²) in [7, 11) is 2.17. The van der Waals surface area contributed by atoms with Gasteiger partial charge in [-0.15, -0.1) is 35.3 Å². The molecule has 0 bridgehead atoms. The number of pyridine rings is 1. The van der Waals surface area contributed by atoms with Gasteiger partial charge in [0.05, 0.1) is 11.6 Å². The Balaban J connectivity index is 0.00000320. The highest BCUT2D eigenvalue weighted by Gasteiger charge is 2.15. The van der Waals surface area contributed by atoms with Crippen LogP contribution in [-0.2, 0) is 19.4 Å². The molecule has 0 spiro atoms. The van der Waals surface area contributed by atoms with Crippen molar-refractivity contribution in [1.29, 1.82) is 0 Å². The lowest BCUT2D eigenvalue weighted by Gasteiger charge is -2.33. The van der Waals surface area contributed by atoms with Crippen molar-refractivity contribution < 1.29 is 0 Å². The van der Waals surface area contributed by atoms with Crippen LogP contribution in [0.15, 0.2) is 29.5 Å². The van der Waals surface area contributed by atoms with Crippen LogP contribution in [0, 0.1) is 0 Å². The molecule has 30 heavy (non-hydrogen) atoms. The Morgan fingerprint density at radius 2 is 1.97 bits per heavy atom. The molecule has 0 aliphatic carbocycles. The summed E-state index contributed by atoms with van der Waals surface area (Å²) < 4.78 is 0. The standard InChI is InChI=1S/C21H33N7S.HI/c1-4-18-16-25-20(29-18)7-9-24-21(22-5-2)26-15-17-6-8-23-19(14-17)28-12-10-27(3)11-13-28;/h6,8,14,16H,4-5,7,9-13,15H2,1-3H3,(H2,22,24,26);1H. The number of nitrogens with one attached hydrogen (secondary N) is 2. The molecule has 0 atom stereocenters. The second-order valence-electron chi connectivity index (χ2n) is 7.26. The van der Waals surface area contributed by atoms with Gasteiger partial charge in [-0.3, -0.25) is 0 Å². The quantitative estimate of drug-likeness (QED) is 0.303. The monoisotopic (exact) mass is 543 g/mol. The van der Waals surface area contributed by atoms with Crippen LogP contribution in [0.5, 0.6) is 0 Å². The minimum Gasteiger partial charge on any atom is -0.357 e. The maximum Gasteiger partial charge on any atom is 0.191 e. The van der Waals surface area contributed by atoms with E-state index in [1.807, 2.05) is 12.4 Å². The number of guanidine groups is 1. The number of likely N-dealkylation sites (N-methyl/N-ethyl adjacent to an activating group) is 1. The van der Waals surface area contributed by atoms with E-state index in [2.05, 4.69) is 63.4 Å². The first-order chi connectivity index (χ1) is 14.2. The van der Waals surface area contributed by atoms with Gasteiger partial charge in [-0.25, -0.2) is 15.0 Å². The van der Waals surface area contributed by atoms with Crippen molar-refractivity contribution in [2.75, 3.05) is 51.2 Å². The van der Waals surface area contributed by atoms with E-state index in [1.165, 1.54) is 15.4 Å². The van der Waals surface area contributed by atoms with Crippen molar-refractivity contribution in [2.24, 2.45) is 4.99 Å². The number of rotatable bonds is 8. The molecule has 9 heteroatoms. The molecular formula is C21H34IN7S. The van der Waals surface area contributed by atoms with Crippen molar-refractivity contribution in [3.63, 3.8) is 0 Å². The molecule has 0 aromatic carbocycles. The number of aliphatic imine (C=N–C) groups is 1. The van der Waals surface area contributed by atoms with Gasteiger partial charge in [0.2, 0.25) is 0 Å². The maximum atomic E-state index is 4.76. The lowest BCUT2D eigenvalue weighted by atomic mass is 10.2. The van der Waals surface area contributed by atoms with E-state index >= 15 is 0 Å². The number of piperazine rings is 1. The number of nitrogens with zero attached hydrogens (tertiary/aromatic N) is 5. The van der Waals surface area contributed by atoms with Crippen LogP contribution < -0.4 is 15.5 Å². The van der Waals surface area contributed by atoms with E-state index in [1.54, 1.807) is 11.3 Å². The van der Waals surface area contributed by atoms with Crippen LogP contribution in [0.1, 0.15) is 29.3 Å². The summed E-state index contributed by atoms with van der Waals surface area (Å²) in [5.41, 5.74) is 1.18. The molecule has 2 N–H and O–H groups in total. The van der Waals surface area contributed by atoms with E-state index in [4.69, 9.17) is 4.99 Å². The predicted molar refractivity (Wildman–Crippen MR) is 137 cm³/mol. The van der Waals surface area contributed by atoms with E-state index < -0.39 is 0 Å². The number of thiazole rings is 1. The molecule has 2 aromatic heterocycles. The molecule has 1 aliphatic rings.